The van der Waals surface area contributed by atoms with Crippen LogP contribution in [0.1, 0.15) is 127 Å². The number of primary amides is 2. The second-order valence-corrected chi connectivity index (χ2v) is 35.0. The maximum absolute atomic E-state index is 15.8. The van der Waals surface area contributed by atoms with Crippen molar-refractivity contribution in [3.63, 3.8) is 0 Å². The molecule has 134 heavy (non-hydrogen) atoms. The van der Waals surface area contributed by atoms with Crippen LogP contribution < -0.4 is 76.1 Å². The van der Waals surface area contributed by atoms with Gasteiger partial charge in [0, 0.05) is 138 Å². The highest BCUT2D eigenvalue weighted by molar-refractivity contribution is 8.00. The number of benzene rings is 3. The predicted molar refractivity (Wildman–Crippen MR) is 488 cm³/mol. The fourth-order valence-electron chi connectivity index (χ4n) is 16.6. The first kappa shape index (κ1) is 104. The molecular weight excluding hydrogens is 1760 g/mol. The van der Waals surface area contributed by atoms with Crippen LogP contribution in [-0.2, 0) is 112 Å². The van der Waals surface area contributed by atoms with Gasteiger partial charge in [0.15, 0.2) is 0 Å². The number of carbonyl (C=O) groups is 18. The number of aromatic hydroxyl groups is 1. The SMILES string of the molecule is CCCC[C@H]1C(=O)N[C@@H](CN)C(=O)N[C@H](CC(=O)NCC(N)=O)CSCC(=O)N[C@@H](Cc2ccc(O)cc2)C(=O)N(C)[C@@H](C)C(=O)N[C@@H](CC(N)=O)C(=O)N2CCC[C@H]2C(=O)N[C@@H](Cc2c[nH]cn2)C(=O)N[C@@H](CCC(=O)O)C(=O)N2C[C@H](O)C[C@H]2C(=O)N[C@@H](Cc2c[nH]c3ccccc23)C(=O)N[C@@H](CCN)C(=O)N[C@@H](Cc2c[nH]c3ccccc23)C(=O)N(C)[C@@H](C(C)CC)C(=O)N1C. The van der Waals surface area contributed by atoms with Crippen LogP contribution in [0, 0.1) is 5.92 Å². The van der Waals surface area contributed by atoms with Crippen LogP contribution >= 0.6 is 11.8 Å². The lowest BCUT2D eigenvalue weighted by Gasteiger charge is -2.38. The van der Waals surface area contributed by atoms with Gasteiger partial charge in [-0.15, -0.1) is 11.8 Å². The van der Waals surface area contributed by atoms with Crippen molar-refractivity contribution in [1.29, 1.82) is 0 Å². The van der Waals surface area contributed by atoms with E-state index in [9.17, 15) is 68.1 Å². The van der Waals surface area contributed by atoms with E-state index >= 15 is 33.6 Å². The fraction of sp³-hybridized carbons (Fsp3) is 0.517. The maximum Gasteiger partial charge on any atom is 0.303 e. The first-order valence-corrected chi connectivity index (χ1v) is 45.7. The Balaban J connectivity index is 1.10. The number of phenolic OH excluding ortho intramolecular Hbond substituents is 1. The van der Waals surface area contributed by atoms with E-state index < -0.39 is 267 Å². The zero-order valence-corrected chi connectivity index (χ0v) is 76.6. The van der Waals surface area contributed by atoms with Crippen LogP contribution in [-0.4, -0.2) is 322 Å². The van der Waals surface area contributed by atoms with Gasteiger partial charge in [0.1, 0.15) is 84.3 Å². The average Bonchev–Trinajstić information content (AvgIpc) is 1.42. The summed E-state index contributed by atoms with van der Waals surface area (Å²) >= 11 is 0.858. The first-order chi connectivity index (χ1) is 63.8. The van der Waals surface area contributed by atoms with E-state index in [0.29, 0.717) is 51.3 Å². The Morgan fingerprint density at radius 3 is 1.72 bits per heavy atom. The number of H-pyrrole nitrogens is 3. The van der Waals surface area contributed by atoms with Crippen molar-refractivity contribution < 1.29 is 102 Å². The normalized spacial score (nSPS) is 25.1. The molecule has 3 aromatic heterocycles. The number of nitrogens with zero attached hydrogens (tertiary/aromatic N) is 6. The molecular formula is C89H123N23O21S. The number of amides is 17. The molecule has 726 valence electrons. The minimum absolute atomic E-state index is 0.000740. The summed E-state index contributed by atoms with van der Waals surface area (Å²) in [5, 5.41) is 59.4. The van der Waals surface area contributed by atoms with Crippen molar-refractivity contribution in [2.24, 2.45) is 28.9 Å². The zero-order chi connectivity index (χ0) is 97.9. The quantitative estimate of drug-likeness (QED) is 0.0261. The molecule has 9 rings (SSSR count). The van der Waals surface area contributed by atoms with Crippen molar-refractivity contribution in [2.75, 3.05) is 65.4 Å². The number of rotatable bonds is 25. The van der Waals surface area contributed by atoms with Gasteiger partial charge >= 0.3 is 5.97 Å². The summed E-state index contributed by atoms with van der Waals surface area (Å²) in [4.78, 5) is 280. The molecule has 0 saturated carbocycles. The smallest absolute Gasteiger partial charge is 0.303 e. The van der Waals surface area contributed by atoms with Gasteiger partial charge in [-0.25, -0.2) is 4.98 Å². The third kappa shape index (κ3) is 28.3. The highest BCUT2D eigenvalue weighted by Crippen LogP contribution is 2.29. The van der Waals surface area contributed by atoms with Crippen LogP contribution in [0.3, 0.4) is 0 Å². The number of aliphatic carboxylic acids is 1. The third-order valence-electron chi connectivity index (χ3n) is 24.2. The number of aromatic nitrogens is 4. The molecule has 3 aliphatic rings. The first-order valence-electron chi connectivity index (χ1n) is 44.5. The Morgan fingerprint density at radius 2 is 1.13 bits per heavy atom. The summed E-state index contributed by atoms with van der Waals surface area (Å²) < 4.78 is 0. The number of carboxylic acid groups (broad SMARTS) is 1. The average molecular weight is 1880 g/mol. The molecule has 17 amide bonds. The van der Waals surface area contributed by atoms with Crippen molar-refractivity contribution in [3.05, 3.63) is 120 Å². The number of para-hydroxylation sites is 2. The molecule has 45 heteroatoms. The standard InChI is InChI=1S/C89H123N23O21S/c1-8-10-20-68-82(126)107-67(38-91)81(125)99-53(35-73(117)97-42-72(93)116)44-134-45-74(118)100-64(31-49-22-24-54(113)25-23-49)85(129)108(5)48(4)77(121)105-66(37-71(92)115)88(132)111-30-15-21-69(111)83(127)104-63(34-52-41-94-46-98-52)80(124)102-61(26-27-75(119)120)87(131)112-43-55(114)36-70(112)84(128)103-62(32-50-39-95-58-18-13-11-16-56(50)58)79(123)101-60(28-29-90)78(122)106-65(33-51-40-96-59-19-14-12-17-57(51)59)86(130)110(7)76(47(3)9-2)89(133)109(68)6/h11-14,16-19,22-25,39-41,46-48,53,55,60-70,76,95-96,113-114H,8-10,15,20-21,26-38,42-45,90-91H2,1-7H3,(H2,92,115)(H2,93,116)(H,94,98)(H,97,117)(H,99,125)(H,100,118)(H,101,123)(H,102,124)(H,103,128)(H,104,127)(H,105,121)(H,106,122)(H,107,126)(H,119,120)/t47?,48-,53+,55+,60-,61-,62-,63-,64-,65-,66-,67-,68-,69-,70-,76-/m0/s1. The van der Waals surface area contributed by atoms with Gasteiger partial charge in [-0.1, -0.05) is 88.6 Å². The molecule has 6 aromatic rings. The lowest BCUT2D eigenvalue weighted by Crippen LogP contribution is -2.62. The molecule has 24 N–H and O–H groups in total. The van der Waals surface area contributed by atoms with Gasteiger partial charge in [0.2, 0.25) is 100 Å². The fourth-order valence-corrected chi connectivity index (χ4v) is 17.5. The number of carboxylic acids is 1. The number of phenols is 1. The van der Waals surface area contributed by atoms with Crippen LogP contribution in [0.4, 0.5) is 0 Å². The van der Waals surface area contributed by atoms with Crippen LogP contribution in [0.25, 0.3) is 21.8 Å². The molecule has 44 nitrogen and oxygen atoms in total. The van der Waals surface area contributed by atoms with Gasteiger partial charge in [-0.3, -0.25) is 86.3 Å². The Morgan fingerprint density at radius 1 is 0.567 bits per heavy atom. The highest BCUT2D eigenvalue weighted by Gasteiger charge is 2.47. The number of fused-ring (bicyclic) bond motifs is 4. The monoisotopic (exact) mass is 1880 g/mol. The molecule has 6 heterocycles. The summed E-state index contributed by atoms with van der Waals surface area (Å²) in [6.45, 7) is 4.38. The van der Waals surface area contributed by atoms with E-state index in [4.69, 9.17) is 22.9 Å². The lowest BCUT2D eigenvalue weighted by molar-refractivity contribution is -0.151. The largest absolute Gasteiger partial charge is 0.508 e. The molecule has 1 unspecified atom stereocenters. The van der Waals surface area contributed by atoms with E-state index in [1.807, 2.05) is 6.92 Å². The highest BCUT2D eigenvalue weighted by atomic mass is 32.2. The molecule has 0 spiro atoms. The lowest BCUT2D eigenvalue weighted by atomic mass is 9.94. The second kappa shape index (κ2) is 49.3. The van der Waals surface area contributed by atoms with Crippen molar-refractivity contribution in [3.8, 4) is 5.75 Å². The summed E-state index contributed by atoms with van der Waals surface area (Å²) in [6, 6.07) is -2.20. The van der Waals surface area contributed by atoms with E-state index in [-0.39, 0.29) is 81.7 Å². The number of aliphatic hydroxyl groups excluding tert-OH is 1. The number of likely N-dealkylation sites (N-methyl/N-ethyl adjacent to an activating group) is 3. The minimum atomic E-state index is -1.84. The van der Waals surface area contributed by atoms with Gasteiger partial charge in [0.25, 0.3) is 0 Å². The van der Waals surface area contributed by atoms with Crippen LogP contribution in [0.5, 0.6) is 5.75 Å². The van der Waals surface area contributed by atoms with Crippen molar-refractivity contribution in [2.45, 2.75) is 221 Å². The summed E-state index contributed by atoms with van der Waals surface area (Å²) in [7, 11) is 3.92. The van der Waals surface area contributed by atoms with Gasteiger partial charge in [-0.2, -0.15) is 0 Å². The summed E-state index contributed by atoms with van der Waals surface area (Å²) in [6.07, 6.45) is 0.743. The van der Waals surface area contributed by atoms with Gasteiger partial charge in [-0.05, 0) is 92.4 Å². The number of aromatic amines is 3. The Hall–Kier alpha value is -13.6. The van der Waals surface area contributed by atoms with E-state index in [2.05, 4.69) is 73.1 Å². The number of hydrogen-bond acceptors (Lipinski definition) is 24. The van der Waals surface area contributed by atoms with E-state index in [0.717, 1.165) is 36.3 Å². The molecule has 16 atom stereocenters. The van der Waals surface area contributed by atoms with Crippen LogP contribution in [0.2, 0.25) is 0 Å². The maximum atomic E-state index is 15.8. The Labute approximate surface area is 776 Å². The zero-order valence-electron chi connectivity index (χ0n) is 75.8. The Kier molecular flexibility index (Phi) is 38.3. The van der Waals surface area contributed by atoms with Crippen molar-refractivity contribution in [1.82, 2.24) is 97.6 Å². The molecule has 3 aromatic carbocycles. The third-order valence-corrected chi connectivity index (χ3v) is 25.3. The molecule has 0 aliphatic carbocycles. The number of nitrogens with one attached hydrogen (secondary N) is 13. The molecule has 0 radical (unpaired) electrons. The molecule has 3 aliphatic heterocycles. The predicted octanol–water partition coefficient (Wildman–Crippen LogP) is -3.81. The number of hydrogen-bond donors (Lipinski definition) is 20. The molecule has 0 bridgehead atoms. The topological polar surface area (TPSA) is 669 Å². The Bertz CT molecular complexity index is 5210. The second-order valence-electron chi connectivity index (χ2n) is 34.0. The van der Waals surface area contributed by atoms with Crippen molar-refractivity contribution >= 4 is 140 Å². The number of nitrogens with two attached hydrogens (primary N) is 4. The summed E-state index contributed by atoms with van der Waals surface area (Å²) in [5.41, 5.74) is 26.4. The number of unbranched alkanes of at least 4 members (excludes halogenated alkanes) is 1. The number of thioether (sulfide) groups is 1. The number of carbonyl (C=O) groups excluding carboxylic acids is 17. The van der Waals surface area contributed by atoms with Gasteiger partial charge in [0.05, 0.1) is 36.8 Å². The number of aliphatic hydroxyl groups is 1. The summed E-state index contributed by atoms with van der Waals surface area (Å²) in [5.74, 6) is -19.1. The van der Waals surface area contributed by atoms with E-state index in [1.54, 1.807) is 74.8 Å². The van der Waals surface area contributed by atoms with Crippen LogP contribution in [0.15, 0.2) is 97.7 Å². The number of imidazole rings is 1. The van der Waals surface area contributed by atoms with E-state index in [1.165, 1.54) is 64.9 Å². The van der Waals surface area contributed by atoms with Gasteiger partial charge < -0.3 is 131 Å². The molecule has 3 saturated heterocycles. The molecule has 3 fully saturated rings. The minimum Gasteiger partial charge on any atom is -0.508 e.